The van der Waals surface area contributed by atoms with E-state index >= 15 is 0 Å². The molecule has 6 nitrogen and oxygen atoms in total. The summed E-state index contributed by atoms with van der Waals surface area (Å²) in [7, 11) is 4.21. The van der Waals surface area contributed by atoms with Crippen molar-refractivity contribution < 1.29 is 76.0 Å². The Bertz CT molecular complexity index is 1800. The molecule has 49 heavy (non-hydrogen) atoms. The topological polar surface area (TPSA) is 44.7 Å². The van der Waals surface area contributed by atoms with Crippen molar-refractivity contribution in [3.63, 3.8) is 0 Å². The lowest BCUT2D eigenvalue weighted by Gasteiger charge is -2.09. The fourth-order valence-electron chi connectivity index (χ4n) is 4.98. The third-order valence-corrected chi connectivity index (χ3v) is 9.87. The van der Waals surface area contributed by atoms with E-state index in [4.69, 9.17) is 18.9 Å². The molecule has 0 saturated heterocycles. The van der Waals surface area contributed by atoms with Gasteiger partial charge in [-0.2, -0.15) is 9.13 Å². The molecule has 2 heterocycles. The highest BCUT2D eigenvalue weighted by molar-refractivity contribution is 7.19. The van der Waals surface area contributed by atoms with Crippen LogP contribution in [0.3, 0.4) is 0 Å². The van der Waals surface area contributed by atoms with Crippen molar-refractivity contribution in [2.75, 3.05) is 39.6 Å². The highest BCUT2D eigenvalue weighted by Gasteiger charge is 2.14. The fourth-order valence-corrected chi connectivity index (χ4v) is 7.08. The van der Waals surface area contributed by atoms with Gasteiger partial charge < -0.3 is 66.9 Å². The first-order chi connectivity index (χ1) is 22.6. The zero-order valence-corrected chi connectivity index (χ0v) is 32.8. The molecular weight excluding hydrogens is 878 g/mol. The van der Waals surface area contributed by atoms with E-state index < -0.39 is 0 Å². The van der Waals surface area contributed by atoms with Crippen molar-refractivity contribution >= 4 is 67.4 Å². The molecule has 4 aromatic carbocycles. The Balaban J connectivity index is 0.00000217. The summed E-state index contributed by atoms with van der Waals surface area (Å²) in [4.78, 5) is 0. The highest BCUT2D eigenvalue weighted by atomic mass is 127. The first kappa shape index (κ1) is 40.5. The van der Waals surface area contributed by atoms with Crippen molar-refractivity contribution in [3.05, 3.63) is 118 Å². The van der Waals surface area contributed by atoms with E-state index in [2.05, 4.69) is 120 Å². The van der Waals surface area contributed by atoms with Gasteiger partial charge in [-0.15, -0.1) is 0 Å². The van der Waals surface area contributed by atoms with Crippen LogP contribution in [0.15, 0.2) is 97.1 Å². The van der Waals surface area contributed by atoms with E-state index in [9.17, 15) is 0 Å². The van der Waals surface area contributed by atoms with E-state index in [-0.39, 0.29) is 55.4 Å². The first-order valence-corrected chi connectivity index (χ1v) is 17.0. The Hall–Kier alpha value is -2.88. The van der Waals surface area contributed by atoms with E-state index in [1.54, 1.807) is 22.7 Å². The van der Waals surface area contributed by atoms with Crippen LogP contribution in [0.5, 0.6) is 11.5 Å². The van der Waals surface area contributed by atoms with Crippen LogP contribution < -0.4 is 66.6 Å². The Labute approximate surface area is 331 Å². The second kappa shape index (κ2) is 20.7. The van der Waals surface area contributed by atoms with E-state index in [1.165, 1.54) is 30.4 Å². The second-order valence-corrected chi connectivity index (χ2v) is 12.8. The van der Waals surface area contributed by atoms with Crippen LogP contribution >= 0.6 is 22.7 Å². The lowest BCUT2D eigenvalue weighted by Crippen LogP contribution is -3.00. The smallest absolute Gasteiger partial charge is 0.262 e. The third-order valence-electron chi connectivity index (χ3n) is 7.51. The van der Waals surface area contributed by atoms with Crippen LogP contribution in [0.25, 0.3) is 44.7 Å². The van der Waals surface area contributed by atoms with Gasteiger partial charge in [0.25, 0.3) is 10.0 Å². The SMILES string of the molecule is C.C[n+]1c(/C=C/c2ccc(OCCOCCOCCOc3ccc(/C=C/c4sc5ccccc5[n+]4C)cc3)cc2)sc2ccccc21.[I-].[I-]. The molecule has 0 bridgehead atoms. The number of halogens is 2. The van der Waals surface area contributed by atoms with Crippen LogP contribution in [0.2, 0.25) is 0 Å². The van der Waals surface area contributed by atoms with Crippen molar-refractivity contribution in [2.24, 2.45) is 14.1 Å². The van der Waals surface area contributed by atoms with E-state index in [1.807, 2.05) is 24.3 Å². The lowest BCUT2D eigenvalue weighted by molar-refractivity contribution is -0.642. The molecule has 10 heteroatoms. The van der Waals surface area contributed by atoms with Gasteiger partial charge in [0.1, 0.15) is 48.2 Å². The molecule has 0 amide bonds. The number of rotatable bonds is 15. The quantitative estimate of drug-likeness (QED) is 0.0903. The molecule has 0 aliphatic carbocycles. The van der Waals surface area contributed by atoms with Crippen LogP contribution in [0, 0.1) is 0 Å². The maximum atomic E-state index is 5.82. The number of aromatic nitrogens is 2. The number of benzene rings is 4. The van der Waals surface area contributed by atoms with Gasteiger partial charge in [0.2, 0.25) is 11.0 Å². The summed E-state index contributed by atoms with van der Waals surface area (Å²) >= 11 is 3.58. The number of thiazole rings is 2. The van der Waals surface area contributed by atoms with Gasteiger partial charge in [0.15, 0.2) is 0 Å². The average Bonchev–Trinajstić information content (AvgIpc) is 3.60. The first-order valence-electron chi connectivity index (χ1n) is 15.4. The van der Waals surface area contributed by atoms with Crippen molar-refractivity contribution in [2.45, 2.75) is 7.43 Å². The number of aryl methyl sites for hydroxylation is 2. The maximum absolute atomic E-state index is 5.82. The summed E-state index contributed by atoms with van der Waals surface area (Å²) in [6.45, 7) is 3.02. The standard InChI is InChI=1S/C38H38N2O4S2.CH4.2HI/c1-39-33-7-3-5-9-35(33)45-37(39)21-15-29-11-17-31(18-12-29)43-27-25-41-23-24-42-26-28-44-32-19-13-30(14-20-32)16-22-38-40(2)34-8-4-6-10-36(34)46-38;;;/h3-22H,23-28H2,1-2H3;1H4;2*1H/q+2;;;/p-2/b21-15+,22-16+;;;. The van der Waals surface area contributed by atoms with Gasteiger partial charge in [-0.1, -0.05) is 78.6 Å². The molecule has 258 valence electrons. The maximum Gasteiger partial charge on any atom is 0.262 e. The Morgan fingerprint density at radius 1 is 0.490 bits per heavy atom. The number of hydrogen-bond donors (Lipinski definition) is 0. The predicted octanol–water partition coefficient (Wildman–Crippen LogP) is 2.24. The number of nitrogens with zero attached hydrogens (tertiary/aromatic N) is 2. The van der Waals surface area contributed by atoms with Crippen LogP contribution in [-0.4, -0.2) is 39.6 Å². The summed E-state index contributed by atoms with van der Waals surface area (Å²) < 4.78 is 30.0. The normalized spacial score (nSPS) is 11.1. The molecule has 0 aliphatic heterocycles. The summed E-state index contributed by atoms with van der Waals surface area (Å²) in [6, 6.07) is 33.1. The van der Waals surface area contributed by atoms with E-state index in [0.29, 0.717) is 39.6 Å². The van der Waals surface area contributed by atoms with Crippen molar-refractivity contribution in [1.82, 2.24) is 0 Å². The molecular formula is C39H42I2N2O4S2. The largest absolute Gasteiger partial charge is 1.00 e. The molecule has 0 radical (unpaired) electrons. The number of fused-ring (bicyclic) bond motifs is 2. The van der Waals surface area contributed by atoms with Crippen LogP contribution in [0.4, 0.5) is 0 Å². The van der Waals surface area contributed by atoms with Gasteiger partial charge in [-0.05, 0) is 59.7 Å². The van der Waals surface area contributed by atoms with Gasteiger partial charge >= 0.3 is 0 Å². The molecule has 0 spiro atoms. The van der Waals surface area contributed by atoms with Gasteiger partial charge in [-0.25, -0.2) is 0 Å². The monoisotopic (exact) mass is 920 g/mol. The summed E-state index contributed by atoms with van der Waals surface area (Å²) in [5, 5.41) is 2.42. The lowest BCUT2D eigenvalue weighted by atomic mass is 10.2. The van der Waals surface area contributed by atoms with Gasteiger partial charge in [0, 0.05) is 24.3 Å². The van der Waals surface area contributed by atoms with Gasteiger partial charge in [-0.3, -0.25) is 0 Å². The Morgan fingerprint density at radius 3 is 1.24 bits per heavy atom. The Kier molecular flexibility index (Phi) is 17.1. The molecule has 0 saturated carbocycles. The van der Waals surface area contributed by atoms with Crippen molar-refractivity contribution in [3.8, 4) is 11.5 Å². The average molecular weight is 921 g/mol. The minimum atomic E-state index is 0. The molecule has 0 fully saturated rings. The summed E-state index contributed by atoms with van der Waals surface area (Å²) in [5.41, 5.74) is 4.76. The van der Waals surface area contributed by atoms with Gasteiger partial charge in [0.05, 0.1) is 26.4 Å². The summed E-state index contributed by atoms with van der Waals surface area (Å²) in [5.74, 6) is 1.66. The molecule has 0 N–H and O–H groups in total. The summed E-state index contributed by atoms with van der Waals surface area (Å²) in [6.07, 6.45) is 8.58. The zero-order valence-electron chi connectivity index (χ0n) is 26.9. The minimum absolute atomic E-state index is 0. The number of ether oxygens (including phenoxy) is 4. The predicted molar refractivity (Wildman–Crippen MR) is 196 cm³/mol. The molecule has 6 aromatic rings. The number of para-hydroxylation sites is 2. The highest BCUT2D eigenvalue weighted by Crippen LogP contribution is 2.23. The Morgan fingerprint density at radius 2 is 0.857 bits per heavy atom. The van der Waals surface area contributed by atoms with Crippen molar-refractivity contribution in [1.29, 1.82) is 0 Å². The fraction of sp³-hybridized carbons (Fsp3) is 0.231. The minimum Gasteiger partial charge on any atom is -1.00 e. The second-order valence-electron chi connectivity index (χ2n) is 10.7. The molecule has 0 atom stereocenters. The molecule has 6 rings (SSSR count). The van der Waals surface area contributed by atoms with Crippen LogP contribution in [-0.2, 0) is 23.6 Å². The molecule has 0 aliphatic rings. The number of hydrogen-bond acceptors (Lipinski definition) is 6. The van der Waals surface area contributed by atoms with E-state index in [0.717, 1.165) is 22.6 Å². The molecule has 0 unspecified atom stereocenters. The van der Waals surface area contributed by atoms with Crippen LogP contribution in [0.1, 0.15) is 28.6 Å². The zero-order chi connectivity index (χ0) is 31.6. The molecule has 2 aromatic heterocycles. The third kappa shape index (κ3) is 11.3.